The van der Waals surface area contributed by atoms with Crippen LogP contribution in [0.2, 0.25) is 4.34 Å². The van der Waals surface area contributed by atoms with Crippen LogP contribution in [0.5, 0.6) is 0 Å². The van der Waals surface area contributed by atoms with E-state index in [9.17, 15) is 0 Å². The van der Waals surface area contributed by atoms with Gasteiger partial charge in [0.2, 0.25) is 0 Å². The molecule has 16 heavy (non-hydrogen) atoms. The van der Waals surface area contributed by atoms with Crippen molar-refractivity contribution < 1.29 is 0 Å². The molecule has 0 saturated carbocycles. The maximum absolute atomic E-state index is 5.95. The van der Waals surface area contributed by atoms with E-state index in [0.29, 0.717) is 6.04 Å². The molecule has 0 aromatic carbocycles. The highest BCUT2D eigenvalue weighted by molar-refractivity contribution is 9.11. The highest BCUT2D eigenvalue weighted by Crippen LogP contribution is 2.31. The third kappa shape index (κ3) is 3.08. The molecule has 0 spiro atoms. The van der Waals surface area contributed by atoms with Crippen molar-refractivity contribution >= 4 is 50.2 Å². The number of hydrogen-bond donors (Lipinski definition) is 1. The second-order valence-electron chi connectivity index (χ2n) is 3.39. The first-order valence-electron chi connectivity index (χ1n) is 4.85. The summed E-state index contributed by atoms with van der Waals surface area (Å²) in [6.45, 7) is 0. The van der Waals surface area contributed by atoms with E-state index >= 15 is 0 Å². The molecule has 0 bridgehead atoms. The van der Waals surface area contributed by atoms with Crippen molar-refractivity contribution in [3.8, 4) is 0 Å². The van der Waals surface area contributed by atoms with Crippen LogP contribution in [-0.2, 0) is 6.42 Å². The van der Waals surface area contributed by atoms with Crippen molar-refractivity contribution in [1.29, 1.82) is 0 Å². The first-order chi connectivity index (χ1) is 7.69. The molecule has 86 valence electrons. The molecule has 0 fully saturated rings. The summed E-state index contributed by atoms with van der Waals surface area (Å²) >= 11 is 12.9. The summed E-state index contributed by atoms with van der Waals surface area (Å²) in [7, 11) is 1.99. The molecule has 0 amide bonds. The van der Waals surface area contributed by atoms with E-state index in [0.717, 1.165) is 10.8 Å². The van der Waals surface area contributed by atoms with Crippen LogP contribution in [0.15, 0.2) is 28.1 Å². The van der Waals surface area contributed by atoms with Crippen molar-refractivity contribution in [1.82, 2.24) is 5.32 Å². The largest absolute Gasteiger partial charge is 0.312 e. The second-order valence-corrected chi connectivity index (χ2v) is 7.69. The molecule has 0 saturated heterocycles. The van der Waals surface area contributed by atoms with Gasteiger partial charge in [-0.25, -0.2) is 0 Å². The monoisotopic (exact) mass is 335 g/mol. The molecule has 0 aliphatic heterocycles. The highest BCUT2D eigenvalue weighted by atomic mass is 79.9. The molecule has 2 heterocycles. The smallest absolute Gasteiger partial charge is 0.0931 e. The average Bonchev–Trinajstić information content (AvgIpc) is 2.84. The Morgan fingerprint density at radius 3 is 2.62 bits per heavy atom. The maximum atomic E-state index is 5.95. The quantitative estimate of drug-likeness (QED) is 0.851. The number of halogens is 2. The van der Waals surface area contributed by atoms with Crippen molar-refractivity contribution in [3.63, 3.8) is 0 Å². The summed E-state index contributed by atoms with van der Waals surface area (Å²) in [6.07, 6.45) is 1.00. The van der Waals surface area contributed by atoms with Crippen LogP contribution in [0.3, 0.4) is 0 Å². The Morgan fingerprint density at radius 1 is 1.31 bits per heavy atom. The average molecular weight is 337 g/mol. The molecule has 0 aliphatic carbocycles. The fourth-order valence-electron chi connectivity index (χ4n) is 1.52. The molecule has 2 aromatic rings. The van der Waals surface area contributed by atoms with Gasteiger partial charge < -0.3 is 5.32 Å². The van der Waals surface area contributed by atoms with Gasteiger partial charge in [-0.1, -0.05) is 11.6 Å². The van der Waals surface area contributed by atoms with Crippen LogP contribution < -0.4 is 5.32 Å². The van der Waals surface area contributed by atoms with Crippen molar-refractivity contribution in [2.45, 2.75) is 12.5 Å². The first-order valence-corrected chi connectivity index (χ1v) is 7.66. The lowest BCUT2D eigenvalue weighted by Gasteiger charge is -2.12. The van der Waals surface area contributed by atoms with Gasteiger partial charge in [0.15, 0.2) is 0 Å². The van der Waals surface area contributed by atoms with Gasteiger partial charge in [0.1, 0.15) is 0 Å². The van der Waals surface area contributed by atoms with E-state index in [1.807, 2.05) is 13.1 Å². The van der Waals surface area contributed by atoms with E-state index in [1.54, 1.807) is 22.7 Å². The molecule has 2 rings (SSSR count). The molecule has 1 unspecified atom stereocenters. The van der Waals surface area contributed by atoms with Gasteiger partial charge in [0, 0.05) is 22.2 Å². The lowest BCUT2D eigenvalue weighted by atomic mass is 10.1. The SMILES string of the molecule is CNC(Cc1ccc(Br)s1)c1ccc(Cl)s1. The van der Waals surface area contributed by atoms with Gasteiger partial charge in [0.05, 0.1) is 8.12 Å². The Hall–Kier alpha value is 0.130. The lowest BCUT2D eigenvalue weighted by Crippen LogP contribution is -2.17. The van der Waals surface area contributed by atoms with E-state index in [4.69, 9.17) is 11.6 Å². The van der Waals surface area contributed by atoms with Crippen LogP contribution in [0.1, 0.15) is 15.8 Å². The van der Waals surface area contributed by atoms with Crippen LogP contribution in [0.4, 0.5) is 0 Å². The predicted octanol–water partition coefficient (Wildman–Crippen LogP) is 4.73. The number of hydrogen-bond acceptors (Lipinski definition) is 3. The fourth-order valence-corrected chi connectivity index (χ4v) is 4.22. The Morgan fingerprint density at radius 2 is 2.12 bits per heavy atom. The van der Waals surface area contributed by atoms with Gasteiger partial charge in [-0.3, -0.25) is 0 Å². The van der Waals surface area contributed by atoms with E-state index in [1.165, 1.54) is 13.5 Å². The zero-order chi connectivity index (χ0) is 11.5. The van der Waals surface area contributed by atoms with Crippen LogP contribution in [0.25, 0.3) is 0 Å². The van der Waals surface area contributed by atoms with Crippen LogP contribution >= 0.6 is 50.2 Å². The van der Waals surface area contributed by atoms with Crippen molar-refractivity contribution in [2.24, 2.45) is 0 Å². The summed E-state index contributed by atoms with van der Waals surface area (Å²) in [5.74, 6) is 0. The predicted molar refractivity (Wildman–Crippen MR) is 76.9 cm³/mol. The summed E-state index contributed by atoms with van der Waals surface area (Å²) in [6, 6.07) is 8.65. The molecular weight excluding hydrogens is 326 g/mol. The maximum Gasteiger partial charge on any atom is 0.0931 e. The van der Waals surface area contributed by atoms with E-state index < -0.39 is 0 Å². The lowest BCUT2D eigenvalue weighted by molar-refractivity contribution is 0.607. The molecular formula is C11H11BrClNS2. The normalized spacial score (nSPS) is 12.9. The van der Waals surface area contributed by atoms with Crippen molar-refractivity contribution in [3.05, 3.63) is 42.1 Å². The fraction of sp³-hybridized carbons (Fsp3) is 0.273. The second kappa shape index (κ2) is 5.65. The topological polar surface area (TPSA) is 12.0 Å². The van der Waals surface area contributed by atoms with Gasteiger partial charge in [-0.05, 0) is 47.2 Å². The molecule has 5 heteroatoms. The zero-order valence-corrected chi connectivity index (χ0v) is 12.6. The standard InChI is InChI=1S/C11H11BrClNS2/c1-14-8(9-3-5-11(13)16-9)6-7-2-4-10(12)15-7/h2-5,8,14H,6H2,1H3. The Labute approximate surface area is 117 Å². The Balaban J connectivity index is 2.12. The third-order valence-electron chi connectivity index (χ3n) is 2.32. The minimum atomic E-state index is 0.350. The molecule has 0 aliphatic rings. The molecule has 1 atom stereocenters. The summed E-state index contributed by atoms with van der Waals surface area (Å²) in [5.41, 5.74) is 0. The van der Waals surface area contributed by atoms with Gasteiger partial charge in [-0.15, -0.1) is 22.7 Å². The summed E-state index contributed by atoms with van der Waals surface area (Å²) in [5, 5.41) is 3.33. The third-order valence-corrected chi connectivity index (χ3v) is 5.31. The van der Waals surface area contributed by atoms with Crippen LogP contribution in [-0.4, -0.2) is 7.05 Å². The Bertz CT molecular complexity index is 466. The van der Waals surface area contributed by atoms with E-state index in [2.05, 4.69) is 39.4 Å². The van der Waals surface area contributed by atoms with Crippen LogP contribution in [0, 0.1) is 0 Å². The van der Waals surface area contributed by atoms with Gasteiger partial charge in [0.25, 0.3) is 0 Å². The number of rotatable bonds is 4. The molecule has 1 N–H and O–H groups in total. The van der Waals surface area contributed by atoms with Gasteiger partial charge >= 0.3 is 0 Å². The summed E-state index contributed by atoms with van der Waals surface area (Å²) < 4.78 is 2.03. The minimum absolute atomic E-state index is 0.350. The zero-order valence-electron chi connectivity index (χ0n) is 8.67. The van der Waals surface area contributed by atoms with E-state index in [-0.39, 0.29) is 0 Å². The minimum Gasteiger partial charge on any atom is -0.312 e. The highest BCUT2D eigenvalue weighted by Gasteiger charge is 2.13. The molecule has 2 aromatic heterocycles. The number of nitrogens with one attached hydrogen (secondary N) is 1. The van der Waals surface area contributed by atoms with Crippen molar-refractivity contribution in [2.75, 3.05) is 7.05 Å². The number of likely N-dealkylation sites (N-methyl/N-ethyl adjacent to an activating group) is 1. The Kier molecular flexibility index (Phi) is 4.44. The molecule has 0 radical (unpaired) electrons. The molecule has 1 nitrogen and oxygen atoms in total. The summed E-state index contributed by atoms with van der Waals surface area (Å²) in [4.78, 5) is 2.66. The number of thiophene rings is 2. The van der Waals surface area contributed by atoms with Gasteiger partial charge in [-0.2, -0.15) is 0 Å². The first kappa shape index (κ1) is 12.6.